The Hall–Kier alpha value is -5.28. The van der Waals surface area contributed by atoms with Crippen molar-refractivity contribution in [3.63, 3.8) is 0 Å². The highest BCUT2D eigenvalue weighted by molar-refractivity contribution is 8.00. The molecule has 1 saturated heterocycles. The number of esters is 1. The number of nitrogens with zero attached hydrogens (tertiary/aromatic N) is 1. The molecule has 2 rings (SSSR count). The molecule has 1 aromatic carbocycles. The number of carbonyl (C=O) groups is 9. The Morgan fingerprint density at radius 3 is 2.20 bits per heavy atom. The second kappa shape index (κ2) is 24.3. The van der Waals surface area contributed by atoms with Crippen molar-refractivity contribution in [2.45, 2.75) is 95.7 Å². The maximum atomic E-state index is 13.4. The normalized spacial score (nSPS) is 15.4. The lowest BCUT2D eigenvalue weighted by Crippen LogP contribution is -2.54. The van der Waals surface area contributed by atoms with Gasteiger partial charge < -0.3 is 42.8 Å². The standard InChI is InChI=1S/C35H53N9O11S/c1-20(2)30(33(51)42-24(8-7-14-39-35(37)53)32(50)40-23-12-10-22(11-13-23)17-54-21(3)45)43-27(46)9-5-4-6-15-44-29(48)16-26(34(44)52)56-19-25(31(36)49)41-28(47)18-55-38/h10-13,20,24-26,30H,4-9,14-19,38H2,1-3H3,(H2,36,49)(H,40,50)(H,41,47)(H,42,51)(H,43,46)(H3,37,39,53)/t24-,25?,26?,30-/m0/s1. The summed E-state index contributed by atoms with van der Waals surface area (Å²) >= 11 is 1.03. The van der Waals surface area contributed by atoms with Crippen LogP contribution in [0, 0.1) is 5.92 Å². The van der Waals surface area contributed by atoms with Gasteiger partial charge in [0.1, 0.15) is 31.3 Å². The Morgan fingerprint density at radius 2 is 1.59 bits per heavy atom. The Bertz CT molecular complexity index is 1560. The molecule has 1 heterocycles. The molecule has 0 saturated carbocycles. The average Bonchev–Trinajstić information content (AvgIpc) is 3.40. The van der Waals surface area contributed by atoms with Crippen molar-refractivity contribution >= 4 is 70.8 Å². The number of anilines is 1. The van der Waals surface area contributed by atoms with Gasteiger partial charge in [-0.1, -0.05) is 32.4 Å². The van der Waals surface area contributed by atoms with E-state index in [0.717, 1.165) is 16.7 Å². The molecule has 4 atom stereocenters. The molecule has 9 amide bonds. The summed E-state index contributed by atoms with van der Waals surface area (Å²) < 4.78 is 4.97. The molecule has 21 heteroatoms. The van der Waals surface area contributed by atoms with Crippen molar-refractivity contribution in [1.82, 2.24) is 26.2 Å². The minimum Gasteiger partial charge on any atom is -0.461 e. The lowest BCUT2D eigenvalue weighted by atomic mass is 10.0. The number of unbranched alkanes of at least 4 members (excludes halogenated alkanes) is 2. The van der Waals surface area contributed by atoms with E-state index in [9.17, 15) is 43.2 Å². The zero-order chi connectivity index (χ0) is 41.8. The second-order valence-electron chi connectivity index (χ2n) is 13.3. The maximum absolute atomic E-state index is 13.4. The van der Waals surface area contributed by atoms with Gasteiger partial charge in [0.05, 0.1) is 5.25 Å². The van der Waals surface area contributed by atoms with Crippen LogP contribution < -0.4 is 43.9 Å². The predicted molar refractivity (Wildman–Crippen MR) is 203 cm³/mol. The fourth-order valence-electron chi connectivity index (χ4n) is 5.40. The fourth-order valence-corrected chi connectivity index (χ4v) is 6.60. The van der Waals surface area contributed by atoms with Gasteiger partial charge in [-0.3, -0.25) is 48.1 Å². The third-order valence-electron chi connectivity index (χ3n) is 8.38. The number of hydrogen-bond acceptors (Lipinski definition) is 13. The molecule has 56 heavy (non-hydrogen) atoms. The Balaban J connectivity index is 1.89. The summed E-state index contributed by atoms with van der Waals surface area (Å²) in [5, 5.41) is 12.2. The smallest absolute Gasteiger partial charge is 0.312 e. The van der Waals surface area contributed by atoms with Crippen molar-refractivity contribution in [1.29, 1.82) is 0 Å². The van der Waals surface area contributed by atoms with E-state index in [1.165, 1.54) is 6.92 Å². The van der Waals surface area contributed by atoms with Gasteiger partial charge in [-0.05, 0) is 49.3 Å². The number of thioether (sulfide) groups is 1. The minimum atomic E-state index is -1.10. The van der Waals surface area contributed by atoms with Crippen LogP contribution in [0.5, 0.6) is 0 Å². The van der Waals surface area contributed by atoms with Crippen LogP contribution in [-0.4, -0.2) is 107 Å². The first-order chi connectivity index (χ1) is 26.5. The number of hydrogen-bond donors (Lipinski definition) is 8. The summed E-state index contributed by atoms with van der Waals surface area (Å²) in [5.74, 6) is 0.237. The first-order valence-electron chi connectivity index (χ1n) is 18.0. The molecule has 1 aliphatic heterocycles. The number of amides is 9. The van der Waals surface area contributed by atoms with Gasteiger partial charge in [0.25, 0.3) is 0 Å². The fraction of sp³-hybridized carbons (Fsp3) is 0.571. The van der Waals surface area contributed by atoms with Gasteiger partial charge >= 0.3 is 12.0 Å². The van der Waals surface area contributed by atoms with E-state index in [1.54, 1.807) is 38.1 Å². The molecule has 1 aromatic rings. The molecule has 0 aromatic heterocycles. The molecule has 11 N–H and O–H groups in total. The molecule has 310 valence electrons. The molecular weight excluding hydrogens is 755 g/mol. The molecule has 2 unspecified atom stereocenters. The Labute approximate surface area is 328 Å². The molecule has 1 fully saturated rings. The van der Waals surface area contributed by atoms with Crippen molar-refractivity contribution in [2.75, 3.05) is 30.8 Å². The van der Waals surface area contributed by atoms with Gasteiger partial charge in [-0.2, -0.15) is 0 Å². The number of ether oxygens (including phenoxy) is 1. The van der Waals surface area contributed by atoms with Crippen molar-refractivity contribution < 1.29 is 52.7 Å². The summed E-state index contributed by atoms with van der Waals surface area (Å²) in [6, 6.07) is 2.74. The van der Waals surface area contributed by atoms with Crippen molar-refractivity contribution in [2.24, 2.45) is 23.3 Å². The van der Waals surface area contributed by atoms with Crippen LogP contribution >= 0.6 is 11.8 Å². The maximum Gasteiger partial charge on any atom is 0.312 e. The number of likely N-dealkylation sites (tertiary alicyclic amines) is 1. The number of primary amides is 2. The first-order valence-corrected chi connectivity index (χ1v) is 19.1. The molecule has 0 aliphatic carbocycles. The van der Waals surface area contributed by atoms with Crippen LogP contribution in [0.3, 0.4) is 0 Å². The zero-order valence-corrected chi connectivity index (χ0v) is 32.6. The lowest BCUT2D eigenvalue weighted by molar-refractivity contribution is -0.142. The van der Waals surface area contributed by atoms with Crippen LogP contribution in [-0.2, 0) is 54.5 Å². The molecule has 20 nitrogen and oxygen atoms in total. The largest absolute Gasteiger partial charge is 0.461 e. The van der Waals surface area contributed by atoms with E-state index in [4.69, 9.17) is 22.1 Å². The van der Waals surface area contributed by atoms with Gasteiger partial charge in [0.15, 0.2) is 0 Å². The summed E-state index contributed by atoms with van der Waals surface area (Å²) in [4.78, 5) is 116. The minimum absolute atomic E-state index is 0.0361. The van der Waals surface area contributed by atoms with E-state index in [1.807, 2.05) is 0 Å². The van der Waals surface area contributed by atoms with Gasteiger partial charge in [0.2, 0.25) is 41.4 Å². The monoisotopic (exact) mass is 807 g/mol. The quantitative estimate of drug-likeness (QED) is 0.0256. The molecule has 0 spiro atoms. The van der Waals surface area contributed by atoms with E-state index in [2.05, 4.69) is 31.4 Å². The number of benzene rings is 1. The number of carbonyl (C=O) groups excluding carboxylic acids is 9. The number of rotatable bonds is 25. The van der Waals surface area contributed by atoms with Gasteiger partial charge in [-0.15, -0.1) is 11.8 Å². The average molecular weight is 808 g/mol. The molecular formula is C35H53N9O11S. The number of imide groups is 1. The second-order valence-corrected chi connectivity index (χ2v) is 14.5. The Morgan fingerprint density at radius 1 is 0.893 bits per heavy atom. The molecule has 0 radical (unpaired) electrons. The van der Waals surface area contributed by atoms with E-state index in [0.29, 0.717) is 36.9 Å². The Kier molecular flexibility index (Phi) is 20.3. The first kappa shape index (κ1) is 46.9. The van der Waals surface area contributed by atoms with Crippen LogP contribution in [0.2, 0.25) is 0 Å². The highest BCUT2D eigenvalue weighted by atomic mass is 32.2. The van der Waals surface area contributed by atoms with Crippen LogP contribution in [0.25, 0.3) is 0 Å². The third kappa shape index (κ3) is 17.0. The number of urea groups is 1. The summed E-state index contributed by atoms with van der Waals surface area (Å²) in [7, 11) is 0. The lowest BCUT2D eigenvalue weighted by Gasteiger charge is -2.25. The van der Waals surface area contributed by atoms with Gasteiger partial charge in [-0.25, -0.2) is 10.7 Å². The van der Waals surface area contributed by atoms with Crippen LogP contribution in [0.15, 0.2) is 24.3 Å². The zero-order valence-electron chi connectivity index (χ0n) is 31.8. The van der Waals surface area contributed by atoms with Crippen molar-refractivity contribution in [3.8, 4) is 0 Å². The topological polar surface area (TPSA) is 314 Å². The van der Waals surface area contributed by atoms with Crippen LogP contribution in [0.1, 0.15) is 71.3 Å². The third-order valence-corrected chi connectivity index (χ3v) is 9.67. The number of nitrogens with one attached hydrogen (secondary N) is 5. The number of nitrogens with two attached hydrogens (primary N) is 3. The molecule has 1 aliphatic rings. The molecule has 0 bridgehead atoms. The highest BCUT2D eigenvalue weighted by Gasteiger charge is 2.39. The van der Waals surface area contributed by atoms with Gasteiger partial charge in [0, 0.05) is 44.3 Å². The SMILES string of the molecule is CC(=O)OCc1ccc(NC(=O)[C@H](CCCNC(N)=O)NC(=O)[C@@H](NC(=O)CCCCCN2C(=O)CC(SCC(NC(=O)CON)C(N)=O)C2=O)C(C)C)cc1. The van der Waals surface area contributed by atoms with E-state index >= 15 is 0 Å². The summed E-state index contributed by atoms with van der Waals surface area (Å²) in [6.45, 7) is 4.65. The van der Waals surface area contributed by atoms with E-state index < -0.39 is 77.4 Å². The predicted octanol–water partition coefficient (Wildman–Crippen LogP) is -0.956. The highest BCUT2D eigenvalue weighted by Crippen LogP contribution is 2.26. The van der Waals surface area contributed by atoms with E-state index in [-0.39, 0.29) is 56.5 Å². The van der Waals surface area contributed by atoms with Crippen molar-refractivity contribution in [3.05, 3.63) is 29.8 Å². The summed E-state index contributed by atoms with van der Waals surface area (Å²) in [6.07, 6.45) is 1.74. The van der Waals surface area contributed by atoms with Crippen LogP contribution in [0.4, 0.5) is 10.5 Å². The summed E-state index contributed by atoms with van der Waals surface area (Å²) in [5.41, 5.74) is 11.6.